The van der Waals surface area contributed by atoms with E-state index in [1.54, 1.807) is 6.07 Å². The number of aryl methyl sites for hydroxylation is 1. The van der Waals surface area contributed by atoms with Gasteiger partial charge in [-0.2, -0.15) is 0 Å². The predicted octanol–water partition coefficient (Wildman–Crippen LogP) is 2.51. The molecule has 0 aliphatic carbocycles. The van der Waals surface area contributed by atoms with E-state index in [0.29, 0.717) is 12.4 Å². The van der Waals surface area contributed by atoms with Gasteiger partial charge in [0.1, 0.15) is 6.61 Å². The van der Waals surface area contributed by atoms with Gasteiger partial charge in [-0.3, -0.25) is 0 Å². The van der Waals surface area contributed by atoms with Crippen LogP contribution in [0.5, 0.6) is 5.75 Å². The van der Waals surface area contributed by atoms with Crippen LogP contribution in [0.1, 0.15) is 18.9 Å². The Kier molecular flexibility index (Phi) is 5.12. The summed E-state index contributed by atoms with van der Waals surface area (Å²) in [6, 6.07) is 5.00. The second-order valence-corrected chi connectivity index (χ2v) is 3.53. The highest BCUT2D eigenvalue weighted by molar-refractivity contribution is 5.28. The Morgan fingerprint density at radius 1 is 1.33 bits per heavy atom. The van der Waals surface area contributed by atoms with Crippen LogP contribution in [0.3, 0.4) is 0 Å². The average molecular weight is 211 g/mol. The van der Waals surface area contributed by atoms with E-state index >= 15 is 0 Å². The predicted molar refractivity (Wildman–Crippen MR) is 59.8 cm³/mol. The second kappa shape index (κ2) is 6.40. The van der Waals surface area contributed by atoms with Crippen LogP contribution in [-0.4, -0.2) is 19.7 Å². The minimum atomic E-state index is -0.287. The van der Waals surface area contributed by atoms with Crippen molar-refractivity contribution in [2.24, 2.45) is 0 Å². The van der Waals surface area contributed by atoms with Gasteiger partial charge in [0.05, 0.1) is 0 Å². The first-order valence-electron chi connectivity index (χ1n) is 5.33. The summed E-state index contributed by atoms with van der Waals surface area (Å²) in [7, 11) is 0. The van der Waals surface area contributed by atoms with Gasteiger partial charge in [0, 0.05) is 6.54 Å². The summed E-state index contributed by atoms with van der Waals surface area (Å²) in [4.78, 5) is 0. The SMILES string of the molecule is CCCNCCOc1ccc(C)cc1F. The molecule has 0 aliphatic rings. The van der Waals surface area contributed by atoms with E-state index in [2.05, 4.69) is 12.2 Å². The van der Waals surface area contributed by atoms with Crippen molar-refractivity contribution in [1.29, 1.82) is 0 Å². The molecule has 1 aromatic rings. The summed E-state index contributed by atoms with van der Waals surface area (Å²) in [5.41, 5.74) is 0.906. The molecular formula is C12H18FNO. The molecule has 0 bridgehead atoms. The van der Waals surface area contributed by atoms with Crippen LogP contribution in [0.4, 0.5) is 4.39 Å². The molecule has 0 unspecified atom stereocenters. The number of hydrogen-bond donors (Lipinski definition) is 1. The highest BCUT2D eigenvalue weighted by Gasteiger charge is 2.02. The third-order valence-corrected chi connectivity index (χ3v) is 2.05. The Bertz CT molecular complexity index is 302. The fourth-order valence-corrected chi connectivity index (χ4v) is 1.26. The average Bonchev–Trinajstić information content (AvgIpc) is 2.20. The zero-order valence-electron chi connectivity index (χ0n) is 9.35. The quantitative estimate of drug-likeness (QED) is 0.730. The van der Waals surface area contributed by atoms with Crippen LogP contribution in [0.2, 0.25) is 0 Å². The van der Waals surface area contributed by atoms with Crippen molar-refractivity contribution in [3.63, 3.8) is 0 Å². The van der Waals surface area contributed by atoms with Crippen LogP contribution in [-0.2, 0) is 0 Å². The molecule has 0 saturated carbocycles. The normalized spacial score (nSPS) is 10.3. The molecule has 0 amide bonds. The number of halogens is 1. The van der Waals surface area contributed by atoms with E-state index in [1.165, 1.54) is 6.07 Å². The number of nitrogens with one attached hydrogen (secondary N) is 1. The van der Waals surface area contributed by atoms with E-state index in [-0.39, 0.29) is 5.82 Å². The molecule has 0 saturated heterocycles. The molecule has 0 fully saturated rings. The molecule has 1 aromatic carbocycles. The minimum absolute atomic E-state index is 0.287. The van der Waals surface area contributed by atoms with Gasteiger partial charge in [-0.25, -0.2) is 4.39 Å². The zero-order valence-corrected chi connectivity index (χ0v) is 9.35. The molecule has 0 aromatic heterocycles. The third-order valence-electron chi connectivity index (χ3n) is 2.05. The van der Waals surface area contributed by atoms with Crippen LogP contribution < -0.4 is 10.1 Å². The summed E-state index contributed by atoms with van der Waals surface area (Å²) in [6.45, 7) is 6.18. The molecule has 2 nitrogen and oxygen atoms in total. The number of hydrogen-bond acceptors (Lipinski definition) is 2. The summed E-state index contributed by atoms with van der Waals surface area (Å²) < 4.78 is 18.6. The molecule has 0 heterocycles. The fraction of sp³-hybridized carbons (Fsp3) is 0.500. The first-order chi connectivity index (χ1) is 7.24. The lowest BCUT2D eigenvalue weighted by Gasteiger charge is -2.08. The maximum absolute atomic E-state index is 13.3. The van der Waals surface area contributed by atoms with Gasteiger partial charge in [0.15, 0.2) is 11.6 Å². The molecule has 1 rings (SSSR count). The highest BCUT2D eigenvalue weighted by Crippen LogP contribution is 2.17. The lowest BCUT2D eigenvalue weighted by molar-refractivity contribution is 0.299. The number of benzene rings is 1. The van der Waals surface area contributed by atoms with Gasteiger partial charge in [0.25, 0.3) is 0 Å². The Morgan fingerprint density at radius 2 is 2.13 bits per heavy atom. The number of rotatable bonds is 6. The smallest absolute Gasteiger partial charge is 0.165 e. The summed E-state index contributed by atoms with van der Waals surface area (Å²) in [5, 5.41) is 3.19. The van der Waals surface area contributed by atoms with Crippen LogP contribution in [0.15, 0.2) is 18.2 Å². The molecule has 15 heavy (non-hydrogen) atoms. The molecule has 84 valence electrons. The summed E-state index contributed by atoms with van der Waals surface area (Å²) in [6.07, 6.45) is 1.10. The fourth-order valence-electron chi connectivity index (χ4n) is 1.26. The van der Waals surface area contributed by atoms with Gasteiger partial charge in [-0.15, -0.1) is 0 Å². The monoisotopic (exact) mass is 211 g/mol. The maximum atomic E-state index is 13.3. The highest BCUT2D eigenvalue weighted by atomic mass is 19.1. The lowest BCUT2D eigenvalue weighted by Crippen LogP contribution is -2.21. The van der Waals surface area contributed by atoms with Crippen molar-refractivity contribution in [3.05, 3.63) is 29.6 Å². The van der Waals surface area contributed by atoms with Crippen molar-refractivity contribution < 1.29 is 9.13 Å². The van der Waals surface area contributed by atoms with Gasteiger partial charge in [0.2, 0.25) is 0 Å². The van der Waals surface area contributed by atoms with Gasteiger partial charge in [-0.1, -0.05) is 13.0 Å². The van der Waals surface area contributed by atoms with E-state index in [9.17, 15) is 4.39 Å². The van der Waals surface area contributed by atoms with Crippen molar-refractivity contribution >= 4 is 0 Å². The molecular weight excluding hydrogens is 193 g/mol. The first kappa shape index (κ1) is 12.0. The van der Waals surface area contributed by atoms with E-state index in [4.69, 9.17) is 4.74 Å². The molecule has 0 radical (unpaired) electrons. The Balaban J connectivity index is 2.31. The largest absolute Gasteiger partial charge is 0.489 e. The maximum Gasteiger partial charge on any atom is 0.165 e. The van der Waals surface area contributed by atoms with Gasteiger partial charge >= 0.3 is 0 Å². The Labute approximate surface area is 90.4 Å². The zero-order chi connectivity index (χ0) is 11.1. The Hall–Kier alpha value is -1.09. The second-order valence-electron chi connectivity index (χ2n) is 3.53. The van der Waals surface area contributed by atoms with Crippen molar-refractivity contribution in [2.75, 3.05) is 19.7 Å². The van der Waals surface area contributed by atoms with Crippen molar-refractivity contribution in [2.45, 2.75) is 20.3 Å². The van der Waals surface area contributed by atoms with E-state index in [0.717, 1.165) is 25.1 Å². The number of ether oxygens (including phenoxy) is 1. The standard InChI is InChI=1S/C12H18FNO/c1-3-6-14-7-8-15-12-5-4-10(2)9-11(12)13/h4-5,9,14H,3,6-8H2,1-2H3. The molecule has 1 N–H and O–H groups in total. The van der Waals surface area contributed by atoms with Gasteiger partial charge < -0.3 is 10.1 Å². The summed E-state index contributed by atoms with van der Waals surface area (Å²) in [5.74, 6) is 0.0457. The Morgan fingerprint density at radius 3 is 2.80 bits per heavy atom. The minimum Gasteiger partial charge on any atom is -0.489 e. The first-order valence-corrected chi connectivity index (χ1v) is 5.33. The summed E-state index contributed by atoms with van der Waals surface area (Å²) >= 11 is 0. The molecule has 0 atom stereocenters. The molecule has 0 aliphatic heterocycles. The third kappa shape index (κ3) is 4.30. The van der Waals surface area contributed by atoms with Crippen LogP contribution in [0, 0.1) is 12.7 Å². The van der Waals surface area contributed by atoms with E-state index < -0.39 is 0 Å². The van der Waals surface area contributed by atoms with Gasteiger partial charge in [-0.05, 0) is 37.6 Å². The van der Waals surface area contributed by atoms with E-state index in [1.807, 2.05) is 13.0 Å². The molecule has 0 spiro atoms. The van der Waals surface area contributed by atoms with Crippen LogP contribution in [0.25, 0.3) is 0 Å². The van der Waals surface area contributed by atoms with Crippen molar-refractivity contribution in [3.8, 4) is 5.75 Å². The van der Waals surface area contributed by atoms with Crippen molar-refractivity contribution in [1.82, 2.24) is 5.32 Å². The molecule has 3 heteroatoms. The van der Waals surface area contributed by atoms with Crippen LogP contribution >= 0.6 is 0 Å². The lowest BCUT2D eigenvalue weighted by atomic mass is 10.2. The topological polar surface area (TPSA) is 21.3 Å².